The van der Waals surface area contributed by atoms with Gasteiger partial charge in [0.15, 0.2) is 0 Å². The van der Waals surface area contributed by atoms with Crippen molar-refractivity contribution in [2.75, 3.05) is 6.54 Å². The first kappa shape index (κ1) is 13.7. The van der Waals surface area contributed by atoms with E-state index in [1.807, 2.05) is 0 Å². The molecule has 4 N–H and O–H groups in total. The molecule has 3 heteroatoms. The van der Waals surface area contributed by atoms with Gasteiger partial charge < -0.3 is 11.5 Å². The first-order valence-electron chi connectivity index (χ1n) is 5.81. The fraction of sp³-hybridized carbons (Fsp3) is 0.538. The molecule has 0 saturated carbocycles. The molecule has 0 heterocycles. The summed E-state index contributed by atoms with van der Waals surface area (Å²) < 4.78 is 1.28. The van der Waals surface area contributed by atoms with E-state index in [4.69, 9.17) is 0 Å². The summed E-state index contributed by atoms with van der Waals surface area (Å²) in [6, 6.07) is 7.23. The van der Waals surface area contributed by atoms with E-state index in [1.54, 1.807) is 0 Å². The summed E-state index contributed by atoms with van der Waals surface area (Å²) in [6.45, 7) is 3.37. The highest BCUT2D eigenvalue weighted by atomic mass is 79.9. The molecule has 90 valence electrons. The molecule has 0 fully saturated rings. The highest BCUT2D eigenvalue weighted by Crippen LogP contribution is 2.28. The van der Waals surface area contributed by atoms with Gasteiger partial charge in [-0.15, -0.1) is 0 Å². The summed E-state index contributed by atoms with van der Waals surface area (Å²) in [5, 5.41) is 3.62. The number of hydrogen-bond donors (Lipinski definition) is 2. The van der Waals surface area contributed by atoms with Crippen LogP contribution in [0.25, 0.3) is 0 Å². The van der Waals surface area contributed by atoms with Gasteiger partial charge in [0.25, 0.3) is 0 Å². The number of rotatable bonds is 3. The molecule has 0 amide bonds. The highest BCUT2D eigenvalue weighted by Gasteiger charge is 2.19. The van der Waals surface area contributed by atoms with E-state index >= 15 is 0 Å². The average molecular weight is 285 g/mol. The Labute approximate surface area is 107 Å². The van der Waals surface area contributed by atoms with E-state index in [2.05, 4.69) is 46.4 Å². The Morgan fingerprint density at radius 1 is 1.44 bits per heavy atom. The molecule has 16 heavy (non-hydrogen) atoms. The molecule has 0 bridgehead atoms. The molecule has 1 unspecified atom stereocenters. The molecule has 0 aromatic heterocycles. The summed E-state index contributed by atoms with van der Waals surface area (Å²) >= 11 is 3.65. The van der Waals surface area contributed by atoms with Crippen LogP contribution in [0.2, 0.25) is 0 Å². The summed E-state index contributed by atoms with van der Waals surface area (Å²) in [5.74, 6) is 0. The third-order valence-electron chi connectivity index (χ3n) is 3.11. The maximum Gasteiger partial charge on any atom is 0.0210 e. The van der Waals surface area contributed by atoms with Crippen molar-refractivity contribution in [3.8, 4) is 0 Å². The van der Waals surface area contributed by atoms with Crippen molar-refractivity contribution < 1.29 is 0 Å². The van der Waals surface area contributed by atoms with Crippen LogP contribution in [0.15, 0.2) is 22.7 Å². The van der Waals surface area contributed by atoms with Crippen molar-refractivity contribution >= 4 is 15.9 Å². The SMILES string of the molecule is CCCNC1CCc2cccc(Br)c2C1.N. The van der Waals surface area contributed by atoms with Gasteiger partial charge in [0.2, 0.25) is 0 Å². The maximum absolute atomic E-state index is 3.65. The molecule has 2 rings (SSSR count). The highest BCUT2D eigenvalue weighted by molar-refractivity contribution is 9.10. The number of nitrogens with one attached hydrogen (secondary N) is 1. The summed E-state index contributed by atoms with van der Waals surface area (Å²) in [4.78, 5) is 0. The first-order chi connectivity index (χ1) is 7.31. The lowest BCUT2D eigenvalue weighted by atomic mass is 9.88. The van der Waals surface area contributed by atoms with E-state index in [0.717, 1.165) is 6.54 Å². The van der Waals surface area contributed by atoms with Crippen LogP contribution in [0.4, 0.5) is 0 Å². The Morgan fingerprint density at radius 3 is 3.00 bits per heavy atom. The molecular weight excluding hydrogens is 264 g/mol. The molecule has 0 spiro atoms. The van der Waals surface area contributed by atoms with E-state index in [1.165, 1.54) is 41.3 Å². The number of benzene rings is 1. The lowest BCUT2D eigenvalue weighted by molar-refractivity contribution is 0.458. The minimum atomic E-state index is 0. The van der Waals surface area contributed by atoms with Crippen LogP contribution in [0.1, 0.15) is 30.9 Å². The minimum Gasteiger partial charge on any atom is -0.344 e. The number of halogens is 1. The van der Waals surface area contributed by atoms with Crippen LogP contribution in [0.5, 0.6) is 0 Å². The lowest BCUT2D eigenvalue weighted by Gasteiger charge is -2.26. The molecule has 0 radical (unpaired) electrons. The Morgan fingerprint density at radius 2 is 2.25 bits per heavy atom. The normalized spacial score (nSPS) is 18.8. The predicted molar refractivity (Wildman–Crippen MR) is 73.3 cm³/mol. The third-order valence-corrected chi connectivity index (χ3v) is 3.85. The van der Waals surface area contributed by atoms with Crippen molar-refractivity contribution in [1.29, 1.82) is 0 Å². The Hall–Kier alpha value is -0.380. The molecule has 0 aliphatic heterocycles. The van der Waals surface area contributed by atoms with Crippen molar-refractivity contribution in [2.45, 2.75) is 38.6 Å². The second kappa shape index (κ2) is 6.38. The van der Waals surface area contributed by atoms with Gasteiger partial charge in [-0.2, -0.15) is 0 Å². The van der Waals surface area contributed by atoms with Gasteiger partial charge in [-0.25, -0.2) is 0 Å². The van der Waals surface area contributed by atoms with E-state index in [0.29, 0.717) is 6.04 Å². The van der Waals surface area contributed by atoms with Crippen LogP contribution >= 0.6 is 15.9 Å². The van der Waals surface area contributed by atoms with Gasteiger partial charge in [0, 0.05) is 10.5 Å². The van der Waals surface area contributed by atoms with Gasteiger partial charge >= 0.3 is 0 Å². The van der Waals surface area contributed by atoms with E-state index in [-0.39, 0.29) is 6.15 Å². The molecule has 0 saturated heterocycles. The topological polar surface area (TPSA) is 47.0 Å². The largest absolute Gasteiger partial charge is 0.344 e. The molecule has 1 aromatic rings. The Balaban J connectivity index is 0.00000128. The van der Waals surface area contributed by atoms with Gasteiger partial charge in [0.05, 0.1) is 0 Å². The van der Waals surface area contributed by atoms with E-state index < -0.39 is 0 Å². The second-order valence-electron chi connectivity index (χ2n) is 4.27. The Bertz CT molecular complexity index is 339. The maximum atomic E-state index is 3.65. The quantitative estimate of drug-likeness (QED) is 0.893. The molecular formula is C13H21BrN2. The van der Waals surface area contributed by atoms with Gasteiger partial charge in [-0.3, -0.25) is 0 Å². The summed E-state index contributed by atoms with van der Waals surface area (Å²) in [7, 11) is 0. The van der Waals surface area contributed by atoms with Gasteiger partial charge in [0.1, 0.15) is 0 Å². The lowest BCUT2D eigenvalue weighted by Crippen LogP contribution is -2.35. The molecule has 1 atom stereocenters. The summed E-state index contributed by atoms with van der Waals surface area (Å²) in [5.41, 5.74) is 3.04. The van der Waals surface area contributed by atoms with Crippen molar-refractivity contribution in [3.63, 3.8) is 0 Å². The standard InChI is InChI=1S/C13H18BrN.H3N/c1-2-8-15-11-7-6-10-4-3-5-13(14)12(10)9-11;/h3-5,11,15H,2,6-9H2,1H3;1H3. The molecule has 2 nitrogen and oxygen atoms in total. The zero-order valence-corrected chi connectivity index (χ0v) is 11.5. The summed E-state index contributed by atoms with van der Waals surface area (Å²) in [6.07, 6.45) is 4.90. The van der Waals surface area contributed by atoms with Crippen LogP contribution < -0.4 is 11.5 Å². The van der Waals surface area contributed by atoms with Crippen molar-refractivity contribution in [2.24, 2.45) is 0 Å². The number of hydrogen-bond acceptors (Lipinski definition) is 2. The number of fused-ring (bicyclic) bond motifs is 1. The fourth-order valence-corrected chi connectivity index (χ4v) is 2.84. The smallest absolute Gasteiger partial charge is 0.0210 e. The fourth-order valence-electron chi connectivity index (χ4n) is 2.27. The minimum absolute atomic E-state index is 0. The molecule has 1 aliphatic rings. The second-order valence-corrected chi connectivity index (χ2v) is 5.13. The third kappa shape index (κ3) is 3.06. The van der Waals surface area contributed by atoms with Gasteiger partial charge in [-0.1, -0.05) is 35.0 Å². The Kier molecular flexibility index (Phi) is 5.46. The van der Waals surface area contributed by atoms with Crippen LogP contribution in [0.3, 0.4) is 0 Å². The predicted octanol–water partition coefficient (Wildman–Crippen LogP) is 3.47. The molecule has 1 aromatic carbocycles. The average Bonchev–Trinajstić information content (AvgIpc) is 2.27. The van der Waals surface area contributed by atoms with Crippen LogP contribution in [-0.2, 0) is 12.8 Å². The zero-order chi connectivity index (χ0) is 10.7. The molecule has 1 aliphatic carbocycles. The first-order valence-corrected chi connectivity index (χ1v) is 6.60. The number of aryl methyl sites for hydroxylation is 1. The van der Waals surface area contributed by atoms with Crippen LogP contribution in [-0.4, -0.2) is 12.6 Å². The van der Waals surface area contributed by atoms with Crippen molar-refractivity contribution in [1.82, 2.24) is 11.5 Å². The van der Waals surface area contributed by atoms with E-state index in [9.17, 15) is 0 Å². The van der Waals surface area contributed by atoms with Crippen LogP contribution in [0, 0.1) is 0 Å². The van der Waals surface area contributed by atoms with Gasteiger partial charge in [-0.05, 0) is 49.4 Å². The zero-order valence-electron chi connectivity index (χ0n) is 9.93. The monoisotopic (exact) mass is 284 g/mol. The van der Waals surface area contributed by atoms with Crippen molar-refractivity contribution in [3.05, 3.63) is 33.8 Å².